The minimum Gasteiger partial charge on any atom is -0.356 e. The van der Waals surface area contributed by atoms with Crippen LogP contribution in [0.2, 0.25) is 0 Å². The second-order valence-electron chi connectivity index (χ2n) is 8.61. The highest BCUT2D eigenvalue weighted by Crippen LogP contribution is 2.36. The van der Waals surface area contributed by atoms with E-state index in [9.17, 15) is 9.47 Å². The summed E-state index contributed by atoms with van der Waals surface area (Å²) in [5.74, 6) is -0.459. The van der Waals surface area contributed by atoms with Gasteiger partial charge in [0.1, 0.15) is 23.3 Å². The SMILES string of the molecule is CC(C)(C)[S@](=O)N[C@@H](Cc1cccc(C#N)n1)c1c(F)cccc1-c1noc2ccccc12. The van der Waals surface area contributed by atoms with Crippen molar-refractivity contribution in [2.24, 2.45) is 0 Å². The summed E-state index contributed by atoms with van der Waals surface area (Å²) in [7, 11) is -1.49. The molecule has 8 heteroatoms. The van der Waals surface area contributed by atoms with Gasteiger partial charge in [-0.3, -0.25) is 0 Å². The van der Waals surface area contributed by atoms with Crippen LogP contribution < -0.4 is 4.72 Å². The fourth-order valence-electron chi connectivity index (χ4n) is 3.55. The molecule has 0 saturated carbocycles. The Balaban J connectivity index is 1.86. The van der Waals surface area contributed by atoms with Crippen molar-refractivity contribution in [1.29, 1.82) is 5.26 Å². The highest BCUT2D eigenvalue weighted by atomic mass is 32.2. The number of nitriles is 1. The van der Waals surface area contributed by atoms with Crippen LogP contribution in [-0.4, -0.2) is 19.1 Å². The number of nitrogens with zero attached hydrogens (tertiary/aromatic N) is 3. The second kappa shape index (κ2) is 9.22. The summed E-state index contributed by atoms with van der Waals surface area (Å²) in [5, 5.41) is 14.2. The summed E-state index contributed by atoms with van der Waals surface area (Å²) >= 11 is 0. The second-order valence-corrected chi connectivity index (χ2v) is 10.6. The summed E-state index contributed by atoms with van der Waals surface area (Å²) in [6.45, 7) is 5.53. The van der Waals surface area contributed by atoms with Gasteiger partial charge in [0.05, 0.1) is 21.8 Å². The molecule has 4 rings (SSSR count). The molecule has 6 nitrogen and oxygen atoms in total. The van der Waals surface area contributed by atoms with Crippen molar-refractivity contribution < 1.29 is 13.1 Å². The molecule has 0 unspecified atom stereocenters. The lowest BCUT2D eigenvalue weighted by Crippen LogP contribution is -2.37. The van der Waals surface area contributed by atoms with Crippen LogP contribution in [0.25, 0.3) is 22.2 Å². The van der Waals surface area contributed by atoms with Crippen LogP contribution in [0.3, 0.4) is 0 Å². The molecular formula is C25H23FN4O2S. The van der Waals surface area contributed by atoms with Gasteiger partial charge in [0.15, 0.2) is 5.58 Å². The highest BCUT2D eigenvalue weighted by molar-refractivity contribution is 7.84. The van der Waals surface area contributed by atoms with Crippen molar-refractivity contribution in [3.63, 3.8) is 0 Å². The molecule has 0 saturated heterocycles. The normalized spacial score (nSPS) is 13.5. The van der Waals surface area contributed by atoms with E-state index in [0.29, 0.717) is 28.1 Å². The molecule has 2 aromatic carbocycles. The maximum Gasteiger partial charge on any atom is 0.167 e. The Morgan fingerprint density at radius 3 is 2.64 bits per heavy atom. The monoisotopic (exact) mass is 462 g/mol. The number of pyridine rings is 1. The van der Waals surface area contributed by atoms with Gasteiger partial charge < -0.3 is 4.52 Å². The predicted octanol–water partition coefficient (Wildman–Crippen LogP) is 5.24. The Bertz CT molecular complexity index is 1370. The molecule has 0 aliphatic carbocycles. The van der Waals surface area contributed by atoms with Crippen molar-refractivity contribution in [3.05, 3.63) is 83.4 Å². The highest BCUT2D eigenvalue weighted by Gasteiger charge is 2.29. The Labute approximate surface area is 194 Å². The lowest BCUT2D eigenvalue weighted by atomic mass is 9.93. The zero-order chi connectivity index (χ0) is 23.6. The molecule has 0 fully saturated rings. The topological polar surface area (TPSA) is 91.8 Å². The van der Waals surface area contributed by atoms with Crippen molar-refractivity contribution >= 4 is 22.0 Å². The zero-order valence-corrected chi connectivity index (χ0v) is 19.3. The number of hydrogen-bond donors (Lipinski definition) is 1. The van der Waals surface area contributed by atoms with Gasteiger partial charge in [-0.05, 0) is 51.1 Å². The molecule has 2 atom stereocenters. The van der Waals surface area contributed by atoms with Gasteiger partial charge in [-0.15, -0.1) is 0 Å². The first kappa shape index (κ1) is 22.8. The third kappa shape index (κ3) is 4.85. The Kier molecular flexibility index (Phi) is 6.36. The Morgan fingerprint density at radius 1 is 1.12 bits per heavy atom. The molecule has 0 bridgehead atoms. The third-order valence-electron chi connectivity index (χ3n) is 5.17. The molecule has 0 aliphatic heterocycles. The van der Waals surface area contributed by atoms with E-state index >= 15 is 4.39 Å². The van der Waals surface area contributed by atoms with Gasteiger partial charge in [-0.25, -0.2) is 18.3 Å². The van der Waals surface area contributed by atoms with Crippen LogP contribution in [0.15, 0.2) is 65.2 Å². The van der Waals surface area contributed by atoms with E-state index in [-0.39, 0.29) is 12.1 Å². The summed E-state index contributed by atoms with van der Waals surface area (Å²) in [6, 6.07) is 18.6. The van der Waals surface area contributed by atoms with Crippen molar-refractivity contribution in [3.8, 4) is 17.3 Å². The molecular weight excluding hydrogens is 439 g/mol. The van der Waals surface area contributed by atoms with Crippen molar-refractivity contribution in [2.75, 3.05) is 0 Å². The van der Waals surface area contributed by atoms with Gasteiger partial charge in [-0.1, -0.05) is 35.5 Å². The molecule has 2 aromatic heterocycles. The standard InChI is InChI=1S/C25H23FN4O2S/c1-25(2,3)33(31)30-21(14-16-8-6-9-17(15-27)28-16)23-19(11-7-12-20(23)26)24-18-10-4-5-13-22(18)32-29-24/h4-13,21,30H,14H2,1-3H3/t21-,33-/m0/s1. The summed E-state index contributed by atoms with van der Waals surface area (Å²) in [4.78, 5) is 4.34. The van der Waals surface area contributed by atoms with E-state index in [2.05, 4.69) is 14.9 Å². The van der Waals surface area contributed by atoms with Crippen LogP contribution >= 0.6 is 0 Å². The molecule has 1 N–H and O–H groups in total. The molecule has 0 aliphatic rings. The maximum absolute atomic E-state index is 15.4. The average molecular weight is 463 g/mol. The smallest absolute Gasteiger partial charge is 0.167 e. The molecule has 4 aromatic rings. The number of aromatic nitrogens is 2. The quantitative estimate of drug-likeness (QED) is 0.423. The molecule has 0 amide bonds. The lowest BCUT2D eigenvalue weighted by Gasteiger charge is -2.26. The first-order chi connectivity index (χ1) is 15.8. The van der Waals surface area contributed by atoms with Crippen molar-refractivity contribution in [2.45, 2.75) is 38.0 Å². The molecule has 0 spiro atoms. The minimum absolute atomic E-state index is 0.223. The fraction of sp³-hybridized carbons (Fsp3) is 0.240. The first-order valence-electron chi connectivity index (χ1n) is 10.4. The Morgan fingerprint density at radius 2 is 1.88 bits per heavy atom. The number of halogens is 1. The van der Waals surface area contributed by atoms with Gasteiger partial charge in [-0.2, -0.15) is 5.26 Å². The minimum atomic E-state index is -1.49. The lowest BCUT2D eigenvalue weighted by molar-refractivity contribution is 0.459. The Hall–Kier alpha value is -3.41. The predicted molar refractivity (Wildman–Crippen MR) is 126 cm³/mol. The molecule has 168 valence electrons. The average Bonchev–Trinajstić information content (AvgIpc) is 3.22. The number of benzene rings is 2. The van der Waals surface area contributed by atoms with Gasteiger partial charge >= 0.3 is 0 Å². The number of hydrogen-bond acceptors (Lipinski definition) is 5. The first-order valence-corrected chi connectivity index (χ1v) is 11.6. The molecule has 33 heavy (non-hydrogen) atoms. The number of nitrogens with one attached hydrogen (secondary N) is 1. The van der Waals surface area contributed by atoms with Crippen LogP contribution in [0.4, 0.5) is 4.39 Å². The number of para-hydroxylation sites is 1. The summed E-state index contributed by atoms with van der Waals surface area (Å²) < 4.78 is 36.5. The fourth-order valence-corrected chi connectivity index (χ4v) is 4.36. The maximum atomic E-state index is 15.4. The van der Waals surface area contributed by atoms with Gasteiger partial charge in [0, 0.05) is 28.6 Å². The van der Waals surface area contributed by atoms with Crippen molar-refractivity contribution in [1.82, 2.24) is 14.9 Å². The number of rotatable bonds is 6. The largest absolute Gasteiger partial charge is 0.356 e. The van der Waals surface area contributed by atoms with E-state index in [4.69, 9.17) is 4.52 Å². The van der Waals surface area contributed by atoms with E-state index in [0.717, 1.165) is 5.39 Å². The van der Waals surface area contributed by atoms with Crippen LogP contribution in [0.5, 0.6) is 0 Å². The van der Waals surface area contributed by atoms with E-state index in [1.54, 1.807) is 36.4 Å². The van der Waals surface area contributed by atoms with E-state index in [1.807, 2.05) is 45.0 Å². The van der Waals surface area contributed by atoms with E-state index < -0.39 is 27.6 Å². The van der Waals surface area contributed by atoms with E-state index in [1.165, 1.54) is 6.07 Å². The summed E-state index contributed by atoms with van der Waals surface area (Å²) in [6.07, 6.45) is 0.223. The van der Waals surface area contributed by atoms with Gasteiger partial charge in [0.2, 0.25) is 0 Å². The molecule has 0 radical (unpaired) electrons. The number of fused-ring (bicyclic) bond motifs is 1. The van der Waals surface area contributed by atoms with Crippen LogP contribution in [0.1, 0.15) is 43.8 Å². The molecule has 2 heterocycles. The van der Waals surface area contributed by atoms with Crippen LogP contribution in [0, 0.1) is 17.1 Å². The van der Waals surface area contributed by atoms with Crippen LogP contribution in [-0.2, 0) is 17.4 Å². The zero-order valence-electron chi connectivity index (χ0n) is 18.5. The third-order valence-corrected chi connectivity index (χ3v) is 6.78. The summed E-state index contributed by atoms with van der Waals surface area (Å²) in [5.41, 5.74) is 2.80. The van der Waals surface area contributed by atoms with Gasteiger partial charge in [0.25, 0.3) is 0 Å².